The predicted molar refractivity (Wildman–Crippen MR) is 96.5 cm³/mol. The van der Waals surface area contributed by atoms with Crippen LogP contribution in [0.4, 0.5) is 4.79 Å². The van der Waals surface area contributed by atoms with Gasteiger partial charge in [-0.25, -0.2) is 4.79 Å². The van der Waals surface area contributed by atoms with Gasteiger partial charge in [0, 0.05) is 19.2 Å². The Kier molecular flexibility index (Phi) is 6.95. The summed E-state index contributed by atoms with van der Waals surface area (Å²) in [7, 11) is 4.77. The number of rotatable bonds is 8. The Hall–Kier alpha value is -2.89. The van der Waals surface area contributed by atoms with Crippen molar-refractivity contribution in [2.45, 2.75) is 13.0 Å². The molecule has 0 atom stereocenters. The molecule has 2 N–H and O–H groups in total. The van der Waals surface area contributed by atoms with E-state index in [9.17, 15) is 4.79 Å². The molecule has 134 valence electrons. The highest BCUT2D eigenvalue weighted by atomic mass is 16.5. The summed E-state index contributed by atoms with van der Waals surface area (Å²) in [5, 5.41) is 5.67. The SMILES string of the molecule is COc1cc(OC)c(OC)cc1CCNC(=O)NCc1ccccc1. The number of nitrogens with one attached hydrogen (secondary N) is 2. The molecule has 0 bridgehead atoms. The number of carbonyl (C=O) groups excluding carboxylic acids is 1. The summed E-state index contributed by atoms with van der Waals surface area (Å²) >= 11 is 0. The summed E-state index contributed by atoms with van der Waals surface area (Å²) in [6.07, 6.45) is 0.613. The lowest BCUT2D eigenvalue weighted by Crippen LogP contribution is -2.36. The summed E-state index contributed by atoms with van der Waals surface area (Å²) in [4.78, 5) is 11.9. The van der Waals surface area contributed by atoms with E-state index in [0.717, 1.165) is 11.1 Å². The Bertz CT molecular complexity index is 689. The van der Waals surface area contributed by atoms with E-state index >= 15 is 0 Å². The molecule has 2 aromatic rings. The van der Waals surface area contributed by atoms with Crippen molar-refractivity contribution < 1.29 is 19.0 Å². The molecule has 0 aliphatic carbocycles. The zero-order valence-electron chi connectivity index (χ0n) is 14.8. The van der Waals surface area contributed by atoms with Gasteiger partial charge in [0.05, 0.1) is 21.3 Å². The number of amides is 2. The molecule has 2 aromatic carbocycles. The number of carbonyl (C=O) groups is 1. The van der Waals surface area contributed by atoms with Crippen molar-refractivity contribution in [3.05, 3.63) is 53.6 Å². The normalized spacial score (nSPS) is 10.0. The number of benzene rings is 2. The molecule has 0 heterocycles. The fourth-order valence-electron chi connectivity index (χ4n) is 2.44. The van der Waals surface area contributed by atoms with Gasteiger partial charge in [-0.15, -0.1) is 0 Å². The Morgan fingerprint density at radius 1 is 0.880 bits per heavy atom. The standard InChI is InChI=1S/C19H24N2O4/c1-23-16-12-18(25-3)17(24-2)11-15(16)9-10-20-19(22)21-13-14-7-5-4-6-8-14/h4-8,11-12H,9-10,13H2,1-3H3,(H2,20,21,22). The maximum absolute atomic E-state index is 11.9. The molecule has 0 saturated carbocycles. The minimum atomic E-state index is -0.205. The number of methoxy groups -OCH3 is 3. The van der Waals surface area contributed by atoms with Gasteiger partial charge in [0.1, 0.15) is 5.75 Å². The van der Waals surface area contributed by atoms with Crippen LogP contribution in [0, 0.1) is 0 Å². The van der Waals surface area contributed by atoms with Crippen LogP contribution in [0.2, 0.25) is 0 Å². The van der Waals surface area contributed by atoms with Crippen molar-refractivity contribution >= 4 is 6.03 Å². The average molecular weight is 344 g/mol. The predicted octanol–water partition coefficient (Wildman–Crippen LogP) is 2.75. The highest BCUT2D eigenvalue weighted by molar-refractivity contribution is 5.73. The van der Waals surface area contributed by atoms with Crippen molar-refractivity contribution in [3.63, 3.8) is 0 Å². The zero-order chi connectivity index (χ0) is 18.1. The molecule has 25 heavy (non-hydrogen) atoms. The summed E-state index contributed by atoms with van der Waals surface area (Å²) in [5.41, 5.74) is 1.99. The van der Waals surface area contributed by atoms with Crippen LogP contribution in [0.15, 0.2) is 42.5 Å². The second kappa shape index (κ2) is 9.42. The fraction of sp³-hybridized carbons (Fsp3) is 0.316. The van der Waals surface area contributed by atoms with Crippen LogP contribution in [-0.4, -0.2) is 33.9 Å². The topological polar surface area (TPSA) is 68.8 Å². The van der Waals surface area contributed by atoms with E-state index in [-0.39, 0.29) is 6.03 Å². The van der Waals surface area contributed by atoms with Gasteiger partial charge in [-0.05, 0) is 23.6 Å². The molecule has 2 rings (SSSR count). The molecule has 0 radical (unpaired) electrons. The Morgan fingerprint density at radius 3 is 2.16 bits per heavy atom. The summed E-state index contributed by atoms with van der Waals surface area (Å²) in [5.74, 6) is 1.94. The highest BCUT2D eigenvalue weighted by Gasteiger charge is 2.12. The molecular weight excluding hydrogens is 320 g/mol. The van der Waals surface area contributed by atoms with E-state index in [2.05, 4.69) is 10.6 Å². The first-order chi connectivity index (χ1) is 12.2. The van der Waals surface area contributed by atoms with Gasteiger partial charge in [0.15, 0.2) is 11.5 Å². The van der Waals surface area contributed by atoms with Crippen molar-refractivity contribution in [2.75, 3.05) is 27.9 Å². The van der Waals surface area contributed by atoms with Gasteiger partial charge in [-0.3, -0.25) is 0 Å². The number of urea groups is 1. The fourth-order valence-corrected chi connectivity index (χ4v) is 2.44. The van der Waals surface area contributed by atoms with Crippen molar-refractivity contribution in [1.82, 2.24) is 10.6 Å². The van der Waals surface area contributed by atoms with Gasteiger partial charge >= 0.3 is 6.03 Å². The summed E-state index contributed by atoms with van der Waals surface area (Å²) in [6, 6.07) is 13.2. The lowest BCUT2D eigenvalue weighted by Gasteiger charge is -2.14. The van der Waals surface area contributed by atoms with E-state index in [1.165, 1.54) is 0 Å². The van der Waals surface area contributed by atoms with Gasteiger partial charge in [-0.1, -0.05) is 30.3 Å². The maximum Gasteiger partial charge on any atom is 0.315 e. The van der Waals surface area contributed by atoms with E-state index in [0.29, 0.717) is 36.8 Å². The Balaban J connectivity index is 1.87. The number of hydrogen-bond acceptors (Lipinski definition) is 4. The quantitative estimate of drug-likeness (QED) is 0.773. The third kappa shape index (κ3) is 5.31. The van der Waals surface area contributed by atoms with Gasteiger partial charge in [-0.2, -0.15) is 0 Å². The first-order valence-corrected chi connectivity index (χ1v) is 8.02. The minimum absolute atomic E-state index is 0.205. The van der Waals surface area contributed by atoms with Crippen molar-refractivity contribution in [1.29, 1.82) is 0 Å². The van der Waals surface area contributed by atoms with Crippen LogP contribution in [0.3, 0.4) is 0 Å². The first kappa shape index (κ1) is 18.4. The van der Waals surface area contributed by atoms with Crippen LogP contribution < -0.4 is 24.8 Å². The Labute approximate surface area is 148 Å². The lowest BCUT2D eigenvalue weighted by atomic mass is 10.1. The first-order valence-electron chi connectivity index (χ1n) is 8.02. The average Bonchev–Trinajstić information content (AvgIpc) is 2.66. The molecule has 2 amide bonds. The smallest absolute Gasteiger partial charge is 0.315 e. The molecule has 6 nitrogen and oxygen atoms in total. The summed E-state index contributed by atoms with van der Waals surface area (Å²) < 4.78 is 16.0. The van der Waals surface area contributed by atoms with Crippen LogP contribution >= 0.6 is 0 Å². The molecular formula is C19H24N2O4. The Morgan fingerprint density at radius 2 is 1.52 bits per heavy atom. The maximum atomic E-state index is 11.9. The molecule has 0 aliphatic rings. The molecule has 0 spiro atoms. The molecule has 0 aromatic heterocycles. The number of hydrogen-bond donors (Lipinski definition) is 2. The molecule has 0 unspecified atom stereocenters. The molecule has 0 aliphatic heterocycles. The van der Waals surface area contributed by atoms with E-state index in [1.54, 1.807) is 27.4 Å². The second-order valence-corrected chi connectivity index (χ2v) is 5.36. The third-order valence-electron chi connectivity index (χ3n) is 3.76. The van der Waals surface area contributed by atoms with Crippen molar-refractivity contribution in [2.24, 2.45) is 0 Å². The van der Waals surface area contributed by atoms with Gasteiger partial charge in [0.2, 0.25) is 0 Å². The molecule has 6 heteroatoms. The van der Waals surface area contributed by atoms with E-state index in [1.807, 2.05) is 36.4 Å². The van der Waals surface area contributed by atoms with Crippen LogP contribution in [0.5, 0.6) is 17.2 Å². The second-order valence-electron chi connectivity index (χ2n) is 5.36. The van der Waals surface area contributed by atoms with Crippen LogP contribution in [0.25, 0.3) is 0 Å². The van der Waals surface area contributed by atoms with Gasteiger partial charge < -0.3 is 24.8 Å². The van der Waals surface area contributed by atoms with Crippen LogP contribution in [0.1, 0.15) is 11.1 Å². The third-order valence-corrected chi connectivity index (χ3v) is 3.76. The minimum Gasteiger partial charge on any atom is -0.496 e. The zero-order valence-corrected chi connectivity index (χ0v) is 14.8. The van der Waals surface area contributed by atoms with E-state index < -0.39 is 0 Å². The van der Waals surface area contributed by atoms with Gasteiger partial charge in [0.25, 0.3) is 0 Å². The van der Waals surface area contributed by atoms with Crippen LogP contribution in [-0.2, 0) is 13.0 Å². The van der Waals surface area contributed by atoms with E-state index in [4.69, 9.17) is 14.2 Å². The lowest BCUT2D eigenvalue weighted by molar-refractivity contribution is 0.240. The highest BCUT2D eigenvalue weighted by Crippen LogP contribution is 2.34. The molecule has 0 fully saturated rings. The number of ether oxygens (including phenoxy) is 3. The monoisotopic (exact) mass is 344 g/mol. The summed E-state index contributed by atoms with van der Waals surface area (Å²) in [6.45, 7) is 0.971. The van der Waals surface area contributed by atoms with Crippen molar-refractivity contribution in [3.8, 4) is 17.2 Å². The largest absolute Gasteiger partial charge is 0.496 e. The molecule has 0 saturated heterocycles.